The van der Waals surface area contributed by atoms with Gasteiger partial charge in [0.2, 0.25) is 0 Å². The third-order valence-corrected chi connectivity index (χ3v) is 0.651. The molecule has 0 unspecified atom stereocenters. The van der Waals surface area contributed by atoms with Crippen molar-refractivity contribution < 1.29 is 0 Å². The number of aromatic amines is 2. The monoisotopic (exact) mass is 108 g/mol. The van der Waals surface area contributed by atoms with Crippen LogP contribution in [-0.2, 0) is 0 Å². The summed E-state index contributed by atoms with van der Waals surface area (Å²) in [6.45, 7) is 0. The minimum absolute atomic E-state index is 0.134. The van der Waals surface area contributed by atoms with E-state index in [1.807, 2.05) is 0 Å². The summed E-state index contributed by atoms with van der Waals surface area (Å²) in [5.74, 6) is 0. The lowest BCUT2D eigenvalue weighted by Crippen LogP contribution is -1.99. The first kappa shape index (κ1) is 4.65. The average Bonchev–Trinajstić information content (AvgIpc) is 2.14. The molecular formula is C4H2N3O. The number of nitriles is 1. The molecule has 0 amide bonds. The van der Waals surface area contributed by atoms with Crippen LogP contribution in [0, 0.1) is 17.5 Å². The van der Waals surface area contributed by atoms with Crippen LogP contribution in [0.15, 0.2) is 4.79 Å². The molecule has 8 heavy (non-hydrogen) atoms. The Morgan fingerprint density at radius 2 is 2.50 bits per heavy atom. The summed E-state index contributed by atoms with van der Waals surface area (Å²) < 4.78 is 0. The Morgan fingerprint density at radius 3 is 2.75 bits per heavy atom. The molecule has 1 aromatic rings. The molecule has 2 N–H and O–H groups in total. The largest absolute Gasteiger partial charge is 0.324 e. The number of nitrogens with one attached hydrogen (secondary N) is 2. The van der Waals surface area contributed by atoms with Gasteiger partial charge in [-0.2, -0.15) is 5.26 Å². The lowest BCUT2D eigenvalue weighted by atomic mass is 10.6. The minimum Gasteiger partial charge on any atom is -0.303 e. The summed E-state index contributed by atoms with van der Waals surface area (Å²) in [5, 5.41) is 8.08. The van der Waals surface area contributed by atoms with Crippen LogP contribution >= 0.6 is 0 Å². The molecule has 1 aromatic heterocycles. The van der Waals surface area contributed by atoms with Crippen LogP contribution in [0.3, 0.4) is 0 Å². The Hall–Kier alpha value is -1.50. The van der Waals surface area contributed by atoms with Gasteiger partial charge in [-0.1, -0.05) is 0 Å². The standard InChI is InChI=1S/C4H2N3O/c5-1-3-2-6-4(8)7-3/h(H2,6,7,8). The fourth-order valence-corrected chi connectivity index (χ4v) is 0.351. The zero-order valence-corrected chi connectivity index (χ0v) is 3.86. The van der Waals surface area contributed by atoms with E-state index in [9.17, 15) is 4.79 Å². The van der Waals surface area contributed by atoms with Gasteiger partial charge in [-0.25, -0.2) is 4.79 Å². The highest BCUT2D eigenvalue weighted by Crippen LogP contribution is 1.76. The highest BCUT2D eigenvalue weighted by molar-refractivity contribution is 5.12. The van der Waals surface area contributed by atoms with Gasteiger partial charge in [0.1, 0.15) is 18.0 Å². The van der Waals surface area contributed by atoms with E-state index < -0.39 is 5.69 Å². The topological polar surface area (TPSA) is 72.4 Å². The molecule has 4 nitrogen and oxygen atoms in total. The fourth-order valence-electron chi connectivity index (χ4n) is 0.351. The van der Waals surface area contributed by atoms with E-state index in [1.165, 1.54) is 0 Å². The molecule has 0 saturated heterocycles. The van der Waals surface area contributed by atoms with Gasteiger partial charge in [0.05, 0.1) is 0 Å². The Balaban J connectivity index is 3.25. The van der Waals surface area contributed by atoms with Crippen molar-refractivity contribution in [3.8, 4) is 6.07 Å². The zero-order valence-electron chi connectivity index (χ0n) is 3.86. The van der Waals surface area contributed by atoms with Crippen LogP contribution in [0.25, 0.3) is 0 Å². The van der Waals surface area contributed by atoms with Gasteiger partial charge in [-0.3, -0.25) is 4.98 Å². The summed E-state index contributed by atoms with van der Waals surface area (Å²) in [4.78, 5) is 14.5. The normalized spacial score (nSPS) is 8.38. The molecule has 0 bridgehead atoms. The van der Waals surface area contributed by atoms with Crippen molar-refractivity contribution in [3.63, 3.8) is 0 Å². The summed E-state index contributed by atoms with van der Waals surface area (Å²) in [6.07, 6.45) is 2.30. The van der Waals surface area contributed by atoms with E-state index in [-0.39, 0.29) is 5.69 Å². The van der Waals surface area contributed by atoms with Gasteiger partial charge in [0.25, 0.3) is 0 Å². The van der Waals surface area contributed by atoms with Crippen molar-refractivity contribution in [1.82, 2.24) is 9.97 Å². The Labute approximate surface area is 44.8 Å². The van der Waals surface area contributed by atoms with Gasteiger partial charge in [-0.05, 0) is 0 Å². The predicted molar refractivity (Wildman–Crippen MR) is 25.0 cm³/mol. The zero-order chi connectivity index (χ0) is 5.98. The molecule has 0 fully saturated rings. The summed E-state index contributed by atoms with van der Waals surface area (Å²) >= 11 is 0. The molecule has 39 valence electrons. The van der Waals surface area contributed by atoms with E-state index in [0.717, 1.165) is 0 Å². The highest BCUT2D eigenvalue weighted by Gasteiger charge is 1.88. The van der Waals surface area contributed by atoms with Gasteiger partial charge < -0.3 is 4.98 Å². The Morgan fingerprint density at radius 1 is 1.75 bits per heavy atom. The van der Waals surface area contributed by atoms with Crippen LogP contribution in [0.4, 0.5) is 0 Å². The maximum absolute atomic E-state index is 10.2. The number of rotatable bonds is 0. The van der Waals surface area contributed by atoms with Crippen molar-refractivity contribution in [2.75, 3.05) is 0 Å². The molecule has 0 aliphatic heterocycles. The molecular weight excluding hydrogens is 106 g/mol. The SMILES string of the molecule is N#Cc1[c][nH]c(=O)[nH]1. The van der Waals surface area contributed by atoms with Crippen molar-refractivity contribution in [2.24, 2.45) is 0 Å². The summed E-state index contributed by atoms with van der Waals surface area (Å²) in [5.41, 5.74) is -0.267. The Kier molecular flexibility index (Phi) is 0.897. The second kappa shape index (κ2) is 1.54. The van der Waals surface area contributed by atoms with Crippen molar-refractivity contribution in [2.45, 2.75) is 0 Å². The Bertz CT molecular complexity index is 263. The third-order valence-electron chi connectivity index (χ3n) is 0.651. The number of nitrogens with zero attached hydrogens (tertiary/aromatic N) is 1. The number of H-pyrrole nitrogens is 2. The van der Waals surface area contributed by atoms with E-state index in [1.54, 1.807) is 6.07 Å². The first-order chi connectivity index (χ1) is 3.83. The van der Waals surface area contributed by atoms with Gasteiger partial charge >= 0.3 is 5.69 Å². The molecule has 0 atom stereocenters. The number of hydrogen-bond donors (Lipinski definition) is 2. The fraction of sp³-hybridized carbons (Fsp3) is 0. The smallest absolute Gasteiger partial charge is 0.303 e. The second-order valence-corrected chi connectivity index (χ2v) is 1.19. The van der Waals surface area contributed by atoms with E-state index in [0.29, 0.717) is 0 Å². The summed E-state index contributed by atoms with van der Waals surface area (Å²) in [7, 11) is 0. The lowest BCUT2D eigenvalue weighted by molar-refractivity contribution is 1.18. The molecule has 1 rings (SSSR count). The molecule has 0 aliphatic rings. The van der Waals surface area contributed by atoms with Crippen molar-refractivity contribution in [1.29, 1.82) is 5.26 Å². The van der Waals surface area contributed by atoms with E-state index in [2.05, 4.69) is 16.2 Å². The molecule has 0 aliphatic carbocycles. The van der Waals surface area contributed by atoms with Gasteiger partial charge in [-0.15, -0.1) is 0 Å². The molecule has 0 saturated carbocycles. The maximum Gasteiger partial charge on any atom is 0.324 e. The molecule has 4 heteroatoms. The first-order valence-electron chi connectivity index (χ1n) is 1.93. The maximum atomic E-state index is 10.2. The van der Waals surface area contributed by atoms with Crippen LogP contribution in [0.1, 0.15) is 5.69 Å². The van der Waals surface area contributed by atoms with Gasteiger partial charge in [0.15, 0.2) is 0 Å². The third kappa shape index (κ3) is 0.611. The van der Waals surface area contributed by atoms with Crippen molar-refractivity contribution in [3.05, 3.63) is 22.4 Å². The van der Waals surface area contributed by atoms with E-state index in [4.69, 9.17) is 5.26 Å². The van der Waals surface area contributed by atoms with Gasteiger partial charge in [0, 0.05) is 0 Å². The highest BCUT2D eigenvalue weighted by atomic mass is 16.1. The number of imidazole rings is 1. The van der Waals surface area contributed by atoms with Crippen LogP contribution in [0.5, 0.6) is 0 Å². The van der Waals surface area contributed by atoms with E-state index >= 15 is 0 Å². The number of hydrogen-bond acceptors (Lipinski definition) is 2. The average molecular weight is 108 g/mol. The quantitative estimate of drug-likeness (QED) is 0.464. The molecule has 0 aromatic carbocycles. The van der Waals surface area contributed by atoms with Crippen LogP contribution in [-0.4, -0.2) is 9.97 Å². The molecule has 1 heterocycles. The minimum atomic E-state index is -0.401. The van der Waals surface area contributed by atoms with Crippen LogP contribution < -0.4 is 5.69 Å². The summed E-state index contributed by atoms with van der Waals surface area (Å²) in [6, 6.07) is 1.71. The lowest BCUT2D eigenvalue weighted by Gasteiger charge is -1.63. The molecule has 1 radical (unpaired) electrons. The van der Waals surface area contributed by atoms with Crippen LogP contribution in [0.2, 0.25) is 0 Å². The second-order valence-electron chi connectivity index (χ2n) is 1.19. The van der Waals surface area contributed by atoms with Crippen molar-refractivity contribution >= 4 is 0 Å². The number of aromatic nitrogens is 2. The molecule has 0 spiro atoms. The first-order valence-corrected chi connectivity index (χ1v) is 1.93. The predicted octanol–water partition coefficient (Wildman–Crippen LogP) is -0.625.